The summed E-state index contributed by atoms with van der Waals surface area (Å²) in [5.41, 5.74) is 2.93. The molecule has 0 unspecified atom stereocenters. The Labute approximate surface area is 142 Å². The Bertz CT molecular complexity index is 1140. The van der Waals surface area contributed by atoms with Crippen molar-refractivity contribution in [3.8, 4) is 39.7 Å². The van der Waals surface area contributed by atoms with Crippen LogP contribution >= 0.6 is 0 Å². The van der Waals surface area contributed by atoms with Gasteiger partial charge in [-0.3, -0.25) is 4.79 Å². The van der Waals surface area contributed by atoms with Crippen molar-refractivity contribution in [1.29, 1.82) is 0 Å². The minimum atomic E-state index is -0.548. The Morgan fingerprint density at radius 1 is 0.840 bits per heavy atom. The van der Waals surface area contributed by atoms with Crippen molar-refractivity contribution in [3.63, 3.8) is 0 Å². The molecule has 5 nitrogen and oxygen atoms in total. The SMILES string of the molecule is Cc1ccc(-c2c3cc(O)c(=O)cc-3oc3cc(O)c(O)cc23)cc1. The number of hydrogen-bond donors (Lipinski definition) is 3. The van der Waals surface area contributed by atoms with Crippen LogP contribution in [0, 0.1) is 6.92 Å². The van der Waals surface area contributed by atoms with E-state index < -0.39 is 5.43 Å². The third-order valence-corrected chi connectivity index (χ3v) is 4.24. The Morgan fingerprint density at radius 2 is 1.52 bits per heavy atom. The van der Waals surface area contributed by atoms with Crippen LogP contribution in [-0.4, -0.2) is 15.3 Å². The number of aryl methyl sites for hydroxylation is 1. The lowest BCUT2D eigenvalue weighted by molar-refractivity contribution is 0.404. The molecule has 0 radical (unpaired) electrons. The van der Waals surface area contributed by atoms with Gasteiger partial charge in [0.15, 0.2) is 17.2 Å². The fourth-order valence-corrected chi connectivity index (χ4v) is 2.96. The second kappa shape index (κ2) is 5.27. The van der Waals surface area contributed by atoms with Gasteiger partial charge in [-0.05, 0) is 24.6 Å². The second-order valence-corrected chi connectivity index (χ2v) is 6.00. The summed E-state index contributed by atoms with van der Waals surface area (Å²) in [6.07, 6.45) is 0. The van der Waals surface area contributed by atoms with E-state index in [0.717, 1.165) is 11.1 Å². The molecule has 0 bridgehead atoms. The Morgan fingerprint density at radius 3 is 2.24 bits per heavy atom. The summed E-state index contributed by atoms with van der Waals surface area (Å²) in [7, 11) is 0. The predicted octanol–water partition coefficient (Wildman–Crippen LogP) is 3.99. The van der Waals surface area contributed by atoms with E-state index in [1.165, 1.54) is 24.3 Å². The van der Waals surface area contributed by atoms with Crippen LogP contribution in [0.4, 0.5) is 0 Å². The highest BCUT2D eigenvalue weighted by Crippen LogP contribution is 2.43. The van der Waals surface area contributed by atoms with Gasteiger partial charge in [0.05, 0.1) is 0 Å². The highest BCUT2D eigenvalue weighted by Gasteiger charge is 2.20. The predicted molar refractivity (Wildman–Crippen MR) is 94.3 cm³/mol. The van der Waals surface area contributed by atoms with Gasteiger partial charge in [0.2, 0.25) is 5.43 Å². The number of aromatic hydroxyl groups is 3. The highest BCUT2D eigenvalue weighted by atomic mass is 16.3. The highest BCUT2D eigenvalue weighted by molar-refractivity contribution is 6.03. The van der Waals surface area contributed by atoms with Crippen molar-refractivity contribution in [2.45, 2.75) is 6.92 Å². The molecule has 0 fully saturated rings. The van der Waals surface area contributed by atoms with E-state index in [1.807, 2.05) is 31.2 Å². The van der Waals surface area contributed by atoms with Crippen LogP contribution in [-0.2, 0) is 0 Å². The number of fused-ring (bicyclic) bond motifs is 2. The molecule has 2 aromatic rings. The molecule has 2 aliphatic rings. The maximum atomic E-state index is 11.8. The lowest BCUT2D eigenvalue weighted by Crippen LogP contribution is -2.01. The van der Waals surface area contributed by atoms with Crippen molar-refractivity contribution in [2.24, 2.45) is 0 Å². The second-order valence-electron chi connectivity index (χ2n) is 6.00. The van der Waals surface area contributed by atoms with Crippen LogP contribution in [0.3, 0.4) is 0 Å². The average molecular weight is 334 g/mol. The molecule has 25 heavy (non-hydrogen) atoms. The molecule has 2 aromatic carbocycles. The first-order valence-corrected chi connectivity index (χ1v) is 7.66. The molecule has 1 aliphatic heterocycles. The first-order chi connectivity index (χ1) is 11.9. The fraction of sp³-hybridized carbons (Fsp3) is 0.0500. The van der Waals surface area contributed by atoms with Gasteiger partial charge in [0.25, 0.3) is 0 Å². The topological polar surface area (TPSA) is 90.9 Å². The number of benzene rings is 3. The summed E-state index contributed by atoms with van der Waals surface area (Å²) < 4.78 is 5.72. The molecule has 0 saturated carbocycles. The maximum absolute atomic E-state index is 11.8. The van der Waals surface area contributed by atoms with Gasteiger partial charge in [-0.15, -0.1) is 0 Å². The smallest absolute Gasteiger partial charge is 0.223 e. The molecule has 5 heteroatoms. The van der Waals surface area contributed by atoms with E-state index in [-0.39, 0.29) is 23.0 Å². The summed E-state index contributed by atoms with van der Waals surface area (Å²) in [5.74, 6) is -0.680. The minimum absolute atomic E-state index is 0.278. The number of hydrogen-bond acceptors (Lipinski definition) is 5. The molecule has 3 N–H and O–H groups in total. The quantitative estimate of drug-likeness (QED) is 0.362. The lowest BCUT2D eigenvalue weighted by atomic mass is 9.93. The summed E-state index contributed by atoms with van der Waals surface area (Å²) in [6.45, 7) is 1.97. The molecule has 4 rings (SSSR count). The zero-order valence-corrected chi connectivity index (χ0v) is 13.3. The van der Waals surface area contributed by atoms with E-state index in [9.17, 15) is 20.1 Å². The van der Waals surface area contributed by atoms with Crippen LogP contribution in [0.1, 0.15) is 5.56 Å². The maximum Gasteiger partial charge on any atom is 0.223 e. The number of rotatable bonds is 1. The summed E-state index contributed by atoms with van der Waals surface area (Å²) in [6, 6.07) is 13.0. The molecular weight excluding hydrogens is 320 g/mol. The molecule has 124 valence electrons. The van der Waals surface area contributed by atoms with E-state index in [2.05, 4.69) is 0 Å². The molecule has 0 atom stereocenters. The monoisotopic (exact) mass is 334 g/mol. The summed E-state index contributed by atoms with van der Waals surface area (Å²) in [5, 5.41) is 30.1. The molecule has 0 saturated heterocycles. The Kier molecular flexibility index (Phi) is 3.18. The van der Waals surface area contributed by atoms with Gasteiger partial charge in [0.1, 0.15) is 11.3 Å². The van der Waals surface area contributed by atoms with Crippen LogP contribution in [0.5, 0.6) is 17.2 Å². The van der Waals surface area contributed by atoms with E-state index in [4.69, 9.17) is 4.42 Å². The van der Waals surface area contributed by atoms with Gasteiger partial charge < -0.3 is 19.7 Å². The Balaban J connectivity index is 2.22. The third kappa shape index (κ3) is 2.37. The first-order valence-electron chi connectivity index (χ1n) is 7.66. The van der Waals surface area contributed by atoms with Crippen molar-refractivity contribution in [2.75, 3.05) is 0 Å². The molecule has 1 aliphatic carbocycles. The Hall–Kier alpha value is -3.47. The van der Waals surface area contributed by atoms with Crippen LogP contribution in [0.2, 0.25) is 0 Å². The van der Waals surface area contributed by atoms with Gasteiger partial charge in [0, 0.05) is 28.6 Å². The molecule has 0 spiro atoms. The van der Waals surface area contributed by atoms with Gasteiger partial charge in [-0.1, -0.05) is 29.8 Å². The standard InChI is InChI=1S/C20H14O5/c1-10-2-4-11(5-3-10)20-12-6-14(21)16(23)8-18(12)25-19-9-17(24)15(22)7-13(19)20/h2-9,21-23H,1H3. The van der Waals surface area contributed by atoms with E-state index in [1.54, 1.807) is 0 Å². The van der Waals surface area contributed by atoms with Crippen LogP contribution in [0.25, 0.3) is 33.4 Å². The largest absolute Gasteiger partial charge is 0.504 e. The fourth-order valence-electron chi connectivity index (χ4n) is 2.96. The summed E-state index contributed by atoms with van der Waals surface area (Å²) >= 11 is 0. The van der Waals surface area contributed by atoms with E-state index in [0.29, 0.717) is 22.1 Å². The lowest BCUT2D eigenvalue weighted by Gasteiger charge is -2.16. The average Bonchev–Trinajstić information content (AvgIpc) is 2.57. The third-order valence-electron chi connectivity index (χ3n) is 4.24. The van der Waals surface area contributed by atoms with Crippen molar-refractivity contribution in [3.05, 3.63) is 64.3 Å². The van der Waals surface area contributed by atoms with Crippen molar-refractivity contribution in [1.82, 2.24) is 0 Å². The molecular formula is C20H14O5. The van der Waals surface area contributed by atoms with Crippen LogP contribution in [0.15, 0.2) is 57.7 Å². The molecule has 0 amide bonds. The van der Waals surface area contributed by atoms with Crippen molar-refractivity contribution < 1.29 is 19.7 Å². The zero-order valence-electron chi connectivity index (χ0n) is 13.3. The van der Waals surface area contributed by atoms with E-state index >= 15 is 0 Å². The number of phenols is 3. The molecule has 1 heterocycles. The first kappa shape index (κ1) is 15.1. The normalized spacial score (nSPS) is 11.2. The minimum Gasteiger partial charge on any atom is -0.504 e. The summed E-state index contributed by atoms with van der Waals surface area (Å²) in [4.78, 5) is 11.8. The van der Waals surface area contributed by atoms with Gasteiger partial charge >= 0.3 is 0 Å². The zero-order chi connectivity index (χ0) is 17.7. The van der Waals surface area contributed by atoms with Gasteiger partial charge in [-0.2, -0.15) is 0 Å². The van der Waals surface area contributed by atoms with Gasteiger partial charge in [-0.25, -0.2) is 0 Å². The molecule has 0 aromatic heterocycles. The van der Waals surface area contributed by atoms with Crippen LogP contribution < -0.4 is 5.43 Å². The van der Waals surface area contributed by atoms with Crippen molar-refractivity contribution >= 4 is 11.0 Å². The number of phenolic OH excluding ortho intramolecular Hbond substituents is 3.